The van der Waals surface area contributed by atoms with Crippen LogP contribution in [0.5, 0.6) is 5.75 Å². The lowest BCUT2D eigenvalue weighted by molar-refractivity contribution is -0.133. The van der Waals surface area contributed by atoms with Crippen molar-refractivity contribution >= 4 is 21.8 Å². The number of halogens is 1. The summed E-state index contributed by atoms with van der Waals surface area (Å²) in [4.78, 5) is 16.6. The molecule has 0 saturated carbocycles. The Bertz CT molecular complexity index is 749. The van der Waals surface area contributed by atoms with Crippen molar-refractivity contribution < 1.29 is 14.3 Å². The highest BCUT2D eigenvalue weighted by molar-refractivity contribution is 9.10. The molecule has 2 aromatic rings. The van der Waals surface area contributed by atoms with Gasteiger partial charge in [0.05, 0.1) is 26.4 Å². The molecule has 1 fully saturated rings. The Balaban J connectivity index is 1.53. The highest BCUT2D eigenvalue weighted by Crippen LogP contribution is 2.24. The van der Waals surface area contributed by atoms with Gasteiger partial charge >= 0.3 is 0 Å². The molecule has 5 nitrogen and oxygen atoms in total. The molecule has 1 atom stereocenters. The molecule has 1 heterocycles. The number of ether oxygens (including phenoxy) is 2. The van der Waals surface area contributed by atoms with Crippen LogP contribution in [0.1, 0.15) is 17.2 Å². The van der Waals surface area contributed by atoms with E-state index in [1.54, 1.807) is 12.0 Å². The zero-order valence-electron chi connectivity index (χ0n) is 15.7. The van der Waals surface area contributed by atoms with E-state index in [4.69, 9.17) is 9.47 Å². The molecule has 2 aromatic carbocycles. The largest absolute Gasteiger partial charge is 0.497 e. The van der Waals surface area contributed by atoms with E-state index in [2.05, 4.69) is 33.0 Å². The lowest BCUT2D eigenvalue weighted by atomic mass is 10.1. The first-order valence-corrected chi connectivity index (χ1v) is 9.81. The van der Waals surface area contributed by atoms with Crippen LogP contribution >= 0.6 is 15.9 Å². The Labute approximate surface area is 169 Å². The molecule has 1 aliphatic heterocycles. The van der Waals surface area contributed by atoms with Gasteiger partial charge in [-0.15, -0.1) is 0 Å². The standard InChI is InChI=1S/C21H25BrN2O3/c1-23(13-16-3-9-19(26-2)10-4-16)21(25)15-24-11-12-27-20(14-24)17-5-7-18(22)8-6-17/h3-10,20H,11-15H2,1-2H3/t20-/m1/s1. The molecule has 144 valence electrons. The molecule has 0 N–H and O–H groups in total. The number of carbonyl (C=O) groups is 1. The molecular formula is C21H25BrN2O3. The van der Waals surface area contributed by atoms with Gasteiger partial charge in [0.2, 0.25) is 5.91 Å². The van der Waals surface area contributed by atoms with E-state index < -0.39 is 0 Å². The zero-order chi connectivity index (χ0) is 19.2. The van der Waals surface area contributed by atoms with Gasteiger partial charge in [-0.3, -0.25) is 9.69 Å². The van der Waals surface area contributed by atoms with Crippen molar-refractivity contribution in [1.29, 1.82) is 0 Å². The number of hydrogen-bond acceptors (Lipinski definition) is 4. The van der Waals surface area contributed by atoms with Gasteiger partial charge in [0.1, 0.15) is 5.75 Å². The molecule has 0 spiro atoms. The van der Waals surface area contributed by atoms with Crippen LogP contribution in [0.15, 0.2) is 53.0 Å². The predicted molar refractivity (Wildman–Crippen MR) is 109 cm³/mol. The summed E-state index contributed by atoms with van der Waals surface area (Å²) >= 11 is 3.46. The van der Waals surface area contributed by atoms with Crippen molar-refractivity contribution in [3.63, 3.8) is 0 Å². The number of amides is 1. The summed E-state index contributed by atoms with van der Waals surface area (Å²) in [7, 11) is 3.49. The number of morpholine rings is 1. The van der Waals surface area contributed by atoms with Gasteiger partial charge in [-0.2, -0.15) is 0 Å². The monoisotopic (exact) mass is 432 g/mol. The van der Waals surface area contributed by atoms with E-state index in [-0.39, 0.29) is 12.0 Å². The van der Waals surface area contributed by atoms with Crippen LogP contribution in [0.2, 0.25) is 0 Å². The van der Waals surface area contributed by atoms with E-state index in [0.29, 0.717) is 19.7 Å². The number of nitrogens with zero attached hydrogens (tertiary/aromatic N) is 2. The summed E-state index contributed by atoms with van der Waals surface area (Å²) < 4.78 is 12.1. The molecule has 6 heteroatoms. The first-order chi connectivity index (χ1) is 13.0. The smallest absolute Gasteiger partial charge is 0.236 e. The highest BCUT2D eigenvalue weighted by atomic mass is 79.9. The summed E-state index contributed by atoms with van der Waals surface area (Å²) in [5, 5.41) is 0. The van der Waals surface area contributed by atoms with Gasteiger partial charge < -0.3 is 14.4 Å². The molecule has 0 bridgehead atoms. The zero-order valence-corrected chi connectivity index (χ0v) is 17.3. The van der Waals surface area contributed by atoms with Gasteiger partial charge in [0.15, 0.2) is 0 Å². The van der Waals surface area contributed by atoms with E-state index in [1.165, 1.54) is 0 Å². The molecule has 1 aliphatic rings. The Morgan fingerprint density at radius 1 is 1.22 bits per heavy atom. The molecule has 0 aliphatic carbocycles. The average Bonchev–Trinajstić information content (AvgIpc) is 2.69. The Morgan fingerprint density at radius 2 is 1.93 bits per heavy atom. The molecule has 1 amide bonds. The van der Waals surface area contributed by atoms with Crippen molar-refractivity contribution in [1.82, 2.24) is 9.80 Å². The van der Waals surface area contributed by atoms with E-state index in [1.807, 2.05) is 43.4 Å². The summed E-state index contributed by atoms with van der Waals surface area (Å²) in [6.07, 6.45) is 0.00606. The summed E-state index contributed by atoms with van der Waals surface area (Å²) in [6, 6.07) is 16.0. The van der Waals surface area contributed by atoms with Crippen LogP contribution in [0, 0.1) is 0 Å². The first-order valence-electron chi connectivity index (χ1n) is 9.01. The number of carbonyl (C=O) groups excluding carboxylic acids is 1. The van der Waals surface area contributed by atoms with Crippen LogP contribution in [-0.2, 0) is 16.1 Å². The van der Waals surface area contributed by atoms with E-state index >= 15 is 0 Å². The lowest BCUT2D eigenvalue weighted by Crippen LogP contribution is -2.44. The fourth-order valence-electron chi connectivity index (χ4n) is 3.13. The lowest BCUT2D eigenvalue weighted by Gasteiger charge is -2.33. The molecule has 27 heavy (non-hydrogen) atoms. The quantitative estimate of drug-likeness (QED) is 0.700. The van der Waals surface area contributed by atoms with Crippen LogP contribution in [0.4, 0.5) is 0 Å². The van der Waals surface area contributed by atoms with Crippen LogP contribution in [-0.4, -0.2) is 56.1 Å². The van der Waals surface area contributed by atoms with Gasteiger partial charge in [-0.1, -0.05) is 40.2 Å². The number of rotatable bonds is 6. The van der Waals surface area contributed by atoms with Crippen molar-refractivity contribution in [2.45, 2.75) is 12.6 Å². The minimum atomic E-state index is 0.00606. The number of benzene rings is 2. The van der Waals surface area contributed by atoms with Crippen molar-refractivity contribution in [3.05, 3.63) is 64.1 Å². The minimum absolute atomic E-state index is 0.00606. The van der Waals surface area contributed by atoms with Gasteiger partial charge in [0.25, 0.3) is 0 Å². The molecule has 0 unspecified atom stereocenters. The van der Waals surface area contributed by atoms with Gasteiger partial charge in [0, 0.05) is 31.2 Å². The summed E-state index contributed by atoms with van der Waals surface area (Å²) in [5.74, 6) is 0.933. The maximum Gasteiger partial charge on any atom is 0.236 e. The van der Waals surface area contributed by atoms with E-state index in [9.17, 15) is 4.79 Å². The Morgan fingerprint density at radius 3 is 2.59 bits per heavy atom. The topological polar surface area (TPSA) is 42.0 Å². The maximum atomic E-state index is 12.6. The Kier molecular flexibility index (Phi) is 6.88. The maximum absolute atomic E-state index is 12.6. The number of methoxy groups -OCH3 is 1. The Hall–Kier alpha value is -1.89. The van der Waals surface area contributed by atoms with Crippen LogP contribution < -0.4 is 4.74 Å². The molecule has 1 saturated heterocycles. The SMILES string of the molecule is COc1ccc(CN(C)C(=O)CN2CCO[C@@H](c3ccc(Br)cc3)C2)cc1. The normalized spacial score (nSPS) is 17.5. The summed E-state index contributed by atoms with van der Waals surface area (Å²) in [5.41, 5.74) is 2.23. The third-order valence-electron chi connectivity index (χ3n) is 4.76. The molecular weight excluding hydrogens is 408 g/mol. The van der Waals surface area contributed by atoms with Gasteiger partial charge in [-0.05, 0) is 35.4 Å². The third-order valence-corrected chi connectivity index (χ3v) is 5.28. The van der Waals surface area contributed by atoms with Gasteiger partial charge in [-0.25, -0.2) is 0 Å². The van der Waals surface area contributed by atoms with Crippen molar-refractivity contribution in [2.24, 2.45) is 0 Å². The van der Waals surface area contributed by atoms with Crippen molar-refractivity contribution in [2.75, 3.05) is 40.4 Å². The average molecular weight is 433 g/mol. The second kappa shape index (κ2) is 9.35. The molecule has 0 aromatic heterocycles. The van der Waals surface area contributed by atoms with Crippen LogP contribution in [0.25, 0.3) is 0 Å². The third kappa shape index (κ3) is 5.54. The fourth-order valence-corrected chi connectivity index (χ4v) is 3.39. The second-order valence-corrected chi connectivity index (χ2v) is 7.66. The first kappa shape index (κ1) is 19.9. The molecule has 3 rings (SSSR count). The fraction of sp³-hybridized carbons (Fsp3) is 0.381. The second-order valence-electron chi connectivity index (χ2n) is 6.74. The summed E-state index contributed by atoms with van der Waals surface area (Å²) in [6.45, 7) is 3.13. The minimum Gasteiger partial charge on any atom is -0.497 e. The number of hydrogen-bond donors (Lipinski definition) is 0. The molecule has 0 radical (unpaired) electrons. The van der Waals surface area contributed by atoms with Crippen molar-refractivity contribution in [3.8, 4) is 5.75 Å². The highest BCUT2D eigenvalue weighted by Gasteiger charge is 2.24. The predicted octanol–water partition coefficient (Wildman–Crippen LogP) is 3.49. The number of likely N-dealkylation sites (N-methyl/N-ethyl adjacent to an activating group) is 1. The van der Waals surface area contributed by atoms with E-state index in [0.717, 1.165) is 34.4 Å². The van der Waals surface area contributed by atoms with Crippen LogP contribution in [0.3, 0.4) is 0 Å².